The van der Waals surface area contributed by atoms with Crippen LogP contribution in [0.25, 0.3) is 0 Å². The van der Waals surface area contributed by atoms with Crippen LogP contribution in [-0.4, -0.2) is 30.8 Å². The van der Waals surface area contributed by atoms with Crippen LogP contribution >= 0.6 is 0 Å². The molecule has 1 aliphatic carbocycles. The zero-order valence-electron chi connectivity index (χ0n) is 19.0. The molecule has 0 unspecified atom stereocenters. The molecule has 2 aliphatic rings. The van der Waals surface area contributed by atoms with Gasteiger partial charge in [-0.1, -0.05) is 6.07 Å². The second-order valence-corrected chi connectivity index (χ2v) is 8.50. The molecule has 1 N–H and O–H groups in total. The van der Waals surface area contributed by atoms with Crippen LogP contribution < -0.4 is 14.2 Å². The highest BCUT2D eigenvalue weighted by molar-refractivity contribution is 5.87. The molecule has 0 saturated heterocycles. The Morgan fingerprint density at radius 3 is 2.60 bits per heavy atom. The number of esters is 1. The SMILES string of the molecule is COC(=O)C[C@@H]1COc2cc(O[C@@H]3CCc4c(Oc5ccc(C(=O)O)cc5)ccc(F)c43)ccc21. The topological polar surface area (TPSA) is 91.3 Å². The van der Waals surface area contributed by atoms with Gasteiger partial charge in [-0.3, -0.25) is 4.79 Å². The number of aromatic carboxylic acids is 1. The van der Waals surface area contributed by atoms with E-state index in [1.165, 1.54) is 25.3 Å². The molecule has 0 radical (unpaired) electrons. The Morgan fingerprint density at radius 2 is 1.86 bits per heavy atom. The molecule has 8 heteroatoms. The highest BCUT2D eigenvalue weighted by atomic mass is 19.1. The number of ether oxygens (including phenoxy) is 4. The fourth-order valence-electron chi connectivity index (χ4n) is 4.60. The van der Waals surface area contributed by atoms with E-state index in [9.17, 15) is 14.0 Å². The number of methoxy groups -OCH3 is 1. The molecule has 0 saturated carbocycles. The Morgan fingerprint density at radius 1 is 1.09 bits per heavy atom. The number of fused-ring (bicyclic) bond motifs is 2. The lowest BCUT2D eigenvalue weighted by Crippen LogP contribution is -2.09. The molecule has 180 valence electrons. The fraction of sp³-hybridized carbons (Fsp3) is 0.259. The molecule has 0 fully saturated rings. The third-order valence-corrected chi connectivity index (χ3v) is 6.35. The van der Waals surface area contributed by atoms with E-state index in [0.717, 1.165) is 11.1 Å². The summed E-state index contributed by atoms with van der Waals surface area (Å²) in [5.74, 6) is 0.430. The zero-order valence-corrected chi connectivity index (χ0v) is 19.0. The standard InChI is InChI=1S/C27H23FO7/c1-32-25(29)12-16-14-33-24-13-18(6-7-19(16)24)35-23-10-8-20-22(11-9-21(28)26(20)23)34-17-4-2-15(3-5-17)27(30)31/h2-7,9,11,13,16,23H,8,10,12,14H2,1H3,(H,30,31)/t16-,23-/m1/s1. The molecule has 5 rings (SSSR count). The number of carbonyl (C=O) groups excluding carboxylic acids is 1. The first-order chi connectivity index (χ1) is 16.9. The van der Waals surface area contributed by atoms with Crippen molar-refractivity contribution in [1.82, 2.24) is 0 Å². The molecule has 2 atom stereocenters. The average molecular weight is 478 g/mol. The van der Waals surface area contributed by atoms with Gasteiger partial charge in [0.05, 0.1) is 25.7 Å². The molecule has 1 aliphatic heterocycles. The number of halogens is 1. The second-order valence-electron chi connectivity index (χ2n) is 8.50. The van der Waals surface area contributed by atoms with Gasteiger partial charge in [0, 0.05) is 28.7 Å². The van der Waals surface area contributed by atoms with Gasteiger partial charge in [-0.05, 0) is 55.3 Å². The number of carboxylic acids is 1. The van der Waals surface area contributed by atoms with Crippen molar-refractivity contribution >= 4 is 11.9 Å². The molecule has 35 heavy (non-hydrogen) atoms. The Kier molecular flexibility index (Phi) is 6.03. The minimum Gasteiger partial charge on any atom is -0.492 e. The molecule has 3 aromatic rings. The first-order valence-electron chi connectivity index (χ1n) is 11.3. The van der Waals surface area contributed by atoms with Crippen LogP contribution in [-0.2, 0) is 16.0 Å². The zero-order chi connectivity index (χ0) is 24.5. The lowest BCUT2D eigenvalue weighted by atomic mass is 9.98. The largest absolute Gasteiger partial charge is 0.492 e. The fourth-order valence-corrected chi connectivity index (χ4v) is 4.60. The van der Waals surface area contributed by atoms with Crippen molar-refractivity contribution in [2.45, 2.75) is 31.3 Å². The van der Waals surface area contributed by atoms with Crippen molar-refractivity contribution in [2.24, 2.45) is 0 Å². The van der Waals surface area contributed by atoms with Gasteiger partial charge in [0.1, 0.15) is 34.9 Å². The molecule has 1 heterocycles. The van der Waals surface area contributed by atoms with Gasteiger partial charge >= 0.3 is 11.9 Å². The highest BCUT2D eigenvalue weighted by Gasteiger charge is 2.32. The Labute approximate surface area is 201 Å². The van der Waals surface area contributed by atoms with Gasteiger partial charge in [0.25, 0.3) is 0 Å². The summed E-state index contributed by atoms with van der Waals surface area (Å²) in [4.78, 5) is 22.7. The first-order valence-corrected chi connectivity index (χ1v) is 11.3. The Balaban J connectivity index is 1.34. The minimum atomic E-state index is -1.02. The number of benzene rings is 3. The highest BCUT2D eigenvalue weighted by Crippen LogP contribution is 2.44. The lowest BCUT2D eigenvalue weighted by Gasteiger charge is -2.17. The van der Waals surface area contributed by atoms with Crippen LogP contribution in [0.2, 0.25) is 0 Å². The monoisotopic (exact) mass is 478 g/mol. The summed E-state index contributed by atoms with van der Waals surface area (Å²) in [6.07, 6.45) is 0.900. The molecule has 0 bridgehead atoms. The van der Waals surface area contributed by atoms with Gasteiger partial charge in [0.2, 0.25) is 0 Å². The van der Waals surface area contributed by atoms with Crippen LogP contribution in [0.1, 0.15) is 51.9 Å². The summed E-state index contributed by atoms with van der Waals surface area (Å²) in [7, 11) is 1.36. The molecule has 3 aromatic carbocycles. The summed E-state index contributed by atoms with van der Waals surface area (Å²) in [5.41, 5.74) is 2.26. The van der Waals surface area contributed by atoms with Crippen LogP contribution in [0, 0.1) is 5.82 Å². The van der Waals surface area contributed by atoms with E-state index in [2.05, 4.69) is 0 Å². The third-order valence-electron chi connectivity index (χ3n) is 6.35. The van der Waals surface area contributed by atoms with E-state index < -0.39 is 12.1 Å². The van der Waals surface area contributed by atoms with Gasteiger partial charge in [-0.15, -0.1) is 0 Å². The average Bonchev–Trinajstić information content (AvgIpc) is 3.46. The maximum atomic E-state index is 14.9. The van der Waals surface area contributed by atoms with Gasteiger partial charge in [0.15, 0.2) is 0 Å². The van der Waals surface area contributed by atoms with E-state index in [1.54, 1.807) is 30.3 Å². The minimum absolute atomic E-state index is 0.0691. The van der Waals surface area contributed by atoms with Crippen LogP contribution in [0.4, 0.5) is 4.39 Å². The van der Waals surface area contributed by atoms with Crippen LogP contribution in [0.5, 0.6) is 23.0 Å². The van der Waals surface area contributed by atoms with Crippen molar-refractivity contribution in [3.05, 3.63) is 82.7 Å². The predicted molar refractivity (Wildman–Crippen MR) is 123 cm³/mol. The van der Waals surface area contributed by atoms with Crippen molar-refractivity contribution in [3.63, 3.8) is 0 Å². The number of carboxylic acid groups (broad SMARTS) is 1. The number of hydrogen-bond donors (Lipinski definition) is 1. The molecule has 7 nitrogen and oxygen atoms in total. The molecular weight excluding hydrogens is 455 g/mol. The van der Waals surface area contributed by atoms with Crippen molar-refractivity contribution < 1.29 is 38.0 Å². The van der Waals surface area contributed by atoms with E-state index in [4.69, 9.17) is 24.1 Å². The number of hydrogen-bond acceptors (Lipinski definition) is 6. The summed E-state index contributed by atoms with van der Waals surface area (Å²) in [6.45, 7) is 0.392. The van der Waals surface area contributed by atoms with Crippen LogP contribution in [0.15, 0.2) is 54.6 Å². The molecule has 0 aromatic heterocycles. The quantitative estimate of drug-likeness (QED) is 0.453. The van der Waals surface area contributed by atoms with Crippen molar-refractivity contribution in [2.75, 3.05) is 13.7 Å². The maximum absolute atomic E-state index is 14.9. The Bertz CT molecular complexity index is 1290. The summed E-state index contributed by atoms with van der Waals surface area (Å²) >= 11 is 0. The van der Waals surface area contributed by atoms with Crippen molar-refractivity contribution in [3.8, 4) is 23.0 Å². The summed E-state index contributed by atoms with van der Waals surface area (Å²) < 4.78 is 37.5. The summed E-state index contributed by atoms with van der Waals surface area (Å²) in [5, 5.41) is 9.06. The lowest BCUT2D eigenvalue weighted by molar-refractivity contribution is -0.141. The Hall–Kier alpha value is -4.07. The van der Waals surface area contributed by atoms with E-state index in [-0.39, 0.29) is 29.7 Å². The first kappa shape index (κ1) is 22.7. The van der Waals surface area contributed by atoms with E-state index >= 15 is 0 Å². The smallest absolute Gasteiger partial charge is 0.335 e. The maximum Gasteiger partial charge on any atom is 0.335 e. The second kappa shape index (κ2) is 9.29. The van der Waals surface area contributed by atoms with Crippen molar-refractivity contribution in [1.29, 1.82) is 0 Å². The number of rotatable bonds is 7. The molecule has 0 amide bonds. The van der Waals surface area contributed by atoms with Crippen LogP contribution in [0.3, 0.4) is 0 Å². The van der Waals surface area contributed by atoms with E-state index in [0.29, 0.717) is 48.0 Å². The predicted octanol–water partition coefficient (Wildman–Crippen LogP) is 5.42. The summed E-state index contributed by atoms with van der Waals surface area (Å²) in [6, 6.07) is 14.4. The normalized spacial score (nSPS) is 17.8. The molecule has 0 spiro atoms. The van der Waals surface area contributed by atoms with Gasteiger partial charge in [-0.25, -0.2) is 9.18 Å². The van der Waals surface area contributed by atoms with Gasteiger partial charge < -0.3 is 24.1 Å². The molecular formula is C27H23FO7. The third kappa shape index (κ3) is 4.51. The van der Waals surface area contributed by atoms with E-state index in [1.807, 2.05) is 6.07 Å². The van der Waals surface area contributed by atoms with Gasteiger partial charge in [-0.2, -0.15) is 0 Å². The number of carbonyl (C=O) groups is 2.